The molecule has 2 aromatic rings. The summed E-state index contributed by atoms with van der Waals surface area (Å²) in [5.41, 5.74) is 2.10. The van der Waals surface area contributed by atoms with Gasteiger partial charge in [-0.2, -0.15) is 5.26 Å². The normalized spacial score (nSPS) is 11.8. The van der Waals surface area contributed by atoms with Crippen LogP contribution in [0.3, 0.4) is 0 Å². The lowest BCUT2D eigenvalue weighted by Gasteiger charge is -2.18. The molecule has 0 saturated heterocycles. The lowest BCUT2D eigenvalue weighted by atomic mass is 10.1. The number of hydrogen-bond acceptors (Lipinski definition) is 2. The molecule has 0 amide bonds. The van der Waals surface area contributed by atoms with Gasteiger partial charge in [0, 0.05) is 0 Å². The Morgan fingerprint density at radius 2 is 1.85 bits per heavy atom. The average Bonchev–Trinajstić information content (AvgIpc) is 2.44. The van der Waals surface area contributed by atoms with Crippen molar-refractivity contribution in [2.75, 3.05) is 5.32 Å². The van der Waals surface area contributed by atoms with Crippen molar-refractivity contribution < 1.29 is 0 Å². The summed E-state index contributed by atoms with van der Waals surface area (Å²) in [7, 11) is 0. The molecule has 5 heteroatoms. The highest BCUT2D eigenvalue weighted by atomic mass is 35.5. The fourth-order valence-corrected chi connectivity index (χ4v) is 2.51. The SMILES string of the molecule is CC(Nc1cc(C#N)ccc1Cl)c1cccc(Cl)c1Cl. The number of halogens is 3. The average molecular weight is 326 g/mol. The summed E-state index contributed by atoms with van der Waals surface area (Å²) in [6.45, 7) is 1.95. The third-order valence-corrected chi connectivity index (χ3v) is 4.08. The molecule has 1 unspecified atom stereocenters. The molecule has 2 aromatic carbocycles. The molecular formula is C15H11Cl3N2. The number of hydrogen-bond donors (Lipinski definition) is 1. The van der Waals surface area contributed by atoms with Crippen LogP contribution in [0.2, 0.25) is 15.1 Å². The van der Waals surface area contributed by atoms with Gasteiger partial charge in [0.2, 0.25) is 0 Å². The van der Waals surface area contributed by atoms with Crippen LogP contribution in [0.4, 0.5) is 5.69 Å². The summed E-state index contributed by atoms with van der Waals surface area (Å²) in [6, 6.07) is 12.5. The maximum atomic E-state index is 8.93. The Balaban J connectivity index is 2.30. The van der Waals surface area contributed by atoms with Crippen molar-refractivity contribution in [1.82, 2.24) is 0 Å². The molecule has 2 rings (SSSR count). The summed E-state index contributed by atoms with van der Waals surface area (Å²) in [5.74, 6) is 0. The van der Waals surface area contributed by atoms with Crippen molar-refractivity contribution in [2.24, 2.45) is 0 Å². The van der Waals surface area contributed by atoms with Crippen molar-refractivity contribution in [1.29, 1.82) is 5.26 Å². The predicted octanol–water partition coefficient (Wildman–Crippen LogP) is 5.69. The van der Waals surface area contributed by atoms with E-state index in [4.69, 9.17) is 40.1 Å². The standard InChI is InChI=1S/C15H11Cl3N2/c1-9(11-3-2-4-13(17)15(11)18)20-14-7-10(8-19)5-6-12(14)16/h2-7,9,20H,1H3. The summed E-state index contributed by atoms with van der Waals surface area (Å²) in [4.78, 5) is 0. The molecule has 0 aromatic heterocycles. The molecule has 0 heterocycles. The van der Waals surface area contributed by atoms with Crippen LogP contribution in [0.5, 0.6) is 0 Å². The number of rotatable bonds is 3. The summed E-state index contributed by atoms with van der Waals surface area (Å²) in [5, 5.41) is 13.7. The Bertz CT molecular complexity index is 677. The molecule has 20 heavy (non-hydrogen) atoms. The van der Waals surface area contributed by atoms with E-state index in [1.165, 1.54) is 0 Å². The second kappa shape index (κ2) is 6.37. The fraction of sp³-hybridized carbons (Fsp3) is 0.133. The Morgan fingerprint density at radius 1 is 1.10 bits per heavy atom. The molecule has 1 N–H and O–H groups in total. The highest BCUT2D eigenvalue weighted by Crippen LogP contribution is 2.33. The van der Waals surface area contributed by atoms with Gasteiger partial charge in [-0.1, -0.05) is 46.9 Å². The van der Waals surface area contributed by atoms with Gasteiger partial charge in [-0.05, 0) is 36.8 Å². The first-order valence-corrected chi connectivity index (χ1v) is 7.06. The van der Waals surface area contributed by atoms with Gasteiger partial charge in [0.25, 0.3) is 0 Å². The minimum Gasteiger partial charge on any atom is -0.377 e. The van der Waals surface area contributed by atoms with Crippen LogP contribution in [0, 0.1) is 11.3 Å². The zero-order valence-electron chi connectivity index (χ0n) is 10.6. The van der Waals surface area contributed by atoms with Gasteiger partial charge in [-0.15, -0.1) is 0 Å². The van der Waals surface area contributed by atoms with Gasteiger partial charge in [-0.25, -0.2) is 0 Å². The molecule has 0 aliphatic heterocycles. The van der Waals surface area contributed by atoms with E-state index < -0.39 is 0 Å². The summed E-state index contributed by atoms with van der Waals surface area (Å²) >= 11 is 18.3. The van der Waals surface area contributed by atoms with E-state index in [2.05, 4.69) is 11.4 Å². The van der Waals surface area contributed by atoms with Crippen molar-refractivity contribution in [3.05, 3.63) is 62.6 Å². The van der Waals surface area contributed by atoms with Crippen molar-refractivity contribution in [3.8, 4) is 6.07 Å². The molecular weight excluding hydrogens is 315 g/mol. The Labute approximate surface area is 132 Å². The minimum absolute atomic E-state index is 0.0901. The molecule has 0 aliphatic rings. The van der Waals surface area contributed by atoms with Gasteiger partial charge in [-0.3, -0.25) is 0 Å². The lowest BCUT2D eigenvalue weighted by molar-refractivity contribution is 0.885. The predicted molar refractivity (Wildman–Crippen MR) is 84.7 cm³/mol. The number of nitriles is 1. The smallest absolute Gasteiger partial charge is 0.0992 e. The molecule has 0 fully saturated rings. The number of nitrogens with one attached hydrogen (secondary N) is 1. The van der Waals surface area contributed by atoms with E-state index in [9.17, 15) is 0 Å². The monoisotopic (exact) mass is 324 g/mol. The Morgan fingerprint density at radius 3 is 2.55 bits per heavy atom. The third-order valence-electron chi connectivity index (χ3n) is 2.92. The van der Waals surface area contributed by atoms with Crippen LogP contribution in [-0.4, -0.2) is 0 Å². The maximum absolute atomic E-state index is 8.93. The number of benzene rings is 2. The molecule has 102 valence electrons. The second-order valence-electron chi connectivity index (χ2n) is 4.32. The molecule has 2 nitrogen and oxygen atoms in total. The van der Waals surface area contributed by atoms with Crippen molar-refractivity contribution >= 4 is 40.5 Å². The van der Waals surface area contributed by atoms with E-state index in [0.29, 0.717) is 26.3 Å². The van der Waals surface area contributed by atoms with Crippen LogP contribution < -0.4 is 5.32 Å². The number of nitrogens with zero attached hydrogens (tertiary/aromatic N) is 1. The van der Waals surface area contributed by atoms with Crippen LogP contribution >= 0.6 is 34.8 Å². The van der Waals surface area contributed by atoms with Crippen LogP contribution in [0.15, 0.2) is 36.4 Å². The third kappa shape index (κ3) is 3.19. The first-order valence-electron chi connectivity index (χ1n) is 5.93. The van der Waals surface area contributed by atoms with Gasteiger partial charge in [0.15, 0.2) is 0 Å². The summed E-state index contributed by atoms with van der Waals surface area (Å²) < 4.78 is 0. The van der Waals surface area contributed by atoms with E-state index >= 15 is 0 Å². The highest BCUT2D eigenvalue weighted by molar-refractivity contribution is 6.42. The van der Waals surface area contributed by atoms with E-state index in [1.807, 2.05) is 19.1 Å². The molecule has 0 radical (unpaired) electrons. The quantitative estimate of drug-likeness (QED) is 0.786. The van der Waals surface area contributed by atoms with Gasteiger partial charge >= 0.3 is 0 Å². The van der Waals surface area contributed by atoms with Crippen molar-refractivity contribution in [2.45, 2.75) is 13.0 Å². The van der Waals surface area contributed by atoms with Gasteiger partial charge in [0.05, 0.1) is 38.4 Å². The van der Waals surface area contributed by atoms with E-state index in [0.717, 1.165) is 5.56 Å². The fourth-order valence-electron chi connectivity index (χ4n) is 1.87. The molecule has 0 spiro atoms. The van der Waals surface area contributed by atoms with Crippen LogP contribution in [-0.2, 0) is 0 Å². The van der Waals surface area contributed by atoms with Crippen LogP contribution in [0.1, 0.15) is 24.1 Å². The van der Waals surface area contributed by atoms with E-state index in [1.54, 1.807) is 24.3 Å². The molecule has 0 bridgehead atoms. The van der Waals surface area contributed by atoms with Gasteiger partial charge in [0.1, 0.15) is 0 Å². The first kappa shape index (κ1) is 15.0. The largest absolute Gasteiger partial charge is 0.377 e. The lowest BCUT2D eigenvalue weighted by Crippen LogP contribution is -2.08. The van der Waals surface area contributed by atoms with Gasteiger partial charge < -0.3 is 5.32 Å². The zero-order chi connectivity index (χ0) is 14.7. The Kier molecular flexibility index (Phi) is 4.77. The number of anilines is 1. The highest BCUT2D eigenvalue weighted by Gasteiger charge is 2.13. The molecule has 0 saturated carbocycles. The second-order valence-corrected chi connectivity index (χ2v) is 5.51. The molecule has 1 atom stereocenters. The maximum Gasteiger partial charge on any atom is 0.0992 e. The topological polar surface area (TPSA) is 35.8 Å². The van der Waals surface area contributed by atoms with E-state index in [-0.39, 0.29) is 6.04 Å². The van der Waals surface area contributed by atoms with Crippen molar-refractivity contribution in [3.63, 3.8) is 0 Å². The summed E-state index contributed by atoms with van der Waals surface area (Å²) in [6.07, 6.45) is 0. The van der Waals surface area contributed by atoms with Crippen LogP contribution in [0.25, 0.3) is 0 Å². The molecule has 0 aliphatic carbocycles. The zero-order valence-corrected chi connectivity index (χ0v) is 12.9. The minimum atomic E-state index is -0.0901. The first-order chi connectivity index (χ1) is 9.52. The Hall–Kier alpha value is -1.40.